The summed E-state index contributed by atoms with van der Waals surface area (Å²) in [5.74, 6) is 1.20. The molecule has 0 bridgehead atoms. The second kappa shape index (κ2) is 13.6. The lowest BCUT2D eigenvalue weighted by Gasteiger charge is -2.29. The second-order valence-electron chi connectivity index (χ2n) is 16.0. The zero-order chi connectivity index (χ0) is 38.9. The van der Waals surface area contributed by atoms with Gasteiger partial charge in [-0.05, 0) is 121 Å². The Bertz CT molecular complexity index is 3260. The maximum absolute atomic E-state index is 6.32. The smallest absolute Gasteiger partial charge is 0.129 e. The zero-order valence-corrected chi connectivity index (χ0v) is 32.5. The van der Waals surface area contributed by atoms with E-state index in [0.29, 0.717) is 6.61 Å². The van der Waals surface area contributed by atoms with E-state index in [-0.39, 0.29) is 5.92 Å². The van der Waals surface area contributed by atoms with E-state index < -0.39 is 0 Å². The molecule has 0 saturated carbocycles. The second-order valence-corrected chi connectivity index (χ2v) is 16.0. The van der Waals surface area contributed by atoms with Gasteiger partial charge in [-0.15, -0.1) is 0 Å². The van der Waals surface area contributed by atoms with Gasteiger partial charge in [-0.25, -0.2) is 0 Å². The zero-order valence-electron chi connectivity index (χ0n) is 32.5. The summed E-state index contributed by atoms with van der Waals surface area (Å²) in [4.78, 5) is 0. The average molecular weight is 754 g/mol. The normalized spacial score (nSPS) is 13.9. The molecule has 1 aliphatic heterocycles. The molecule has 1 atom stereocenters. The van der Waals surface area contributed by atoms with Crippen LogP contribution in [0.15, 0.2) is 206 Å². The molecule has 2 aliphatic rings. The summed E-state index contributed by atoms with van der Waals surface area (Å²) in [5.41, 5.74) is 21.3. The third-order valence-electron chi connectivity index (χ3n) is 12.7. The first-order valence-electron chi connectivity index (χ1n) is 20.6. The molecule has 1 aromatic heterocycles. The Morgan fingerprint density at radius 2 is 1.07 bits per heavy atom. The Morgan fingerprint density at radius 1 is 0.407 bits per heavy atom. The van der Waals surface area contributed by atoms with Gasteiger partial charge in [0.2, 0.25) is 0 Å². The first-order valence-corrected chi connectivity index (χ1v) is 20.6. The molecule has 278 valence electrons. The number of fused-ring (bicyclic) bond motifs is 9. The molecule has 0 fully saturated rings. The van der Waals surface area contributed by atoms with Crippen molar-refractivity contribution in [2.75, 3.05) is 0 Å². The summed E-state index contributed by atoms with van der Waals surface area (Å²) in [5, 5.41) is 2.49. The Morgan fingerprint density at radius 3 is 1.98 bits per heavy atom. The van der Waals surface area contributed by atoms with Crippen LogP contribution in [0.4, 0.5) is 0 Å². The van der Waals surface area contributed by atoms with Crippen molar-refractivity contribution in [2.45, 2.75) is 18.9 Å². The SMILES string of the molecule is c1ccc(-c2cccc(-c3cccc(C4Cc5ccc(-c6ccc7c(c6)c6ccccc6n7-c6cccc7c6-c6ccccc6CO7)cc5-c5ccccc54)c3)c2)cc1. The van der Waals surface area contributed by atoms with Crippen LogP contribution in [0.25, 0.3) is 83.1 Å². The van der Waals surface area contributed by atoms with E-state index in [9.17, 15) is 0 Å². The van der Waals surface area contributed by atoms with Gasteiger partial charge in [0.05, 0.1) is 16.7 Å². The fourth-order valence-corrected chi connectivity index (χ4v) is 9.86. The molecule has 0 amide bonds. The number of aromatic nitrogens is 1. The van der Waals surface area contributed by atoms with Gasteiger partial charge in [-0.3, -0.25) is 0 Å². The summed E-state index contributed by atoms with van der Waals surface area (Å²) >= 11 is 0. The molecule has 2 heterocycles. The number of hydrogen-bond donors (Lipinski definition) is 0. The van der Waals surface area contributed by atoms with Crippen LogP contribution in [0.1, 0.15) is 28.2 Å². The molecule has 0 spiro atoms. The molecular formula is C57H39NO. The van der Waals surface area contributed by atoms with Crippen LogP contribution in [0, 0.1) is 0 Å². The third-order valence-corrected chi connectivity index (χ3v) is 12.7. The highest BCUT2D eigenvalue weighted by Gasteiger charge is 2.27. The van der Waals surface area contributed by atoms with Crippen LogP contribution in [-0.2, 0) is 13.0 Å². The minimum Gasteiger partial charge on any atom is -0.488 e. The van der Waals surface area contributed by atoms with Crippen molar-refractivity contribution in [3.8, 4) is 67.1 Å². The van der Waals surface area contributed by atoms with Gasteiger partial charge in [0, 0.05) is 22.3 Å². The molecule has 9 aromatic carbocycles. The lowest BCUT2D eigenvalue weighted by Crippen LogP contribution is -2.12. The van der Waals surface area contributed by atoms with Crippen LogP contribution in [0.2, 0.25) is 0 Å². The summed E-state index contributed by atoms with van der Waals surface area (Å²) in [6, 6.07) is 75.8. The Hall–Kier alpha value is -7.42. The molecule has 1 unspecified atom stereocenters. The molecule has 12 rings (SSSR count). The van der Waals surface area contributed by atoms with Crippen molar-refractivity contribution >= 4 is 21.8 Å². The van der Waals surface area contributed by atoms with Crippen LogP contribution < -0.4 is 4.74 Å². The van der Waals surface area contributed by atoms with Crippen LogP contribution in [0.3, 0.4) is 0 Å². The van der Waals surface area contributed by atoms with Gasteiger partial charge in [0.15, 0.2) is 0 Å². The van der Waals surface area contributed by atoms with Crippen LogP contribution in [0.5, 0.6) is 5.75 Å². The lowest BCUT2D eigenvalue weighted by molar-refractivity contribution is 0.302. The number of nitrogens with zero attached hydrogens (tertiary/aromatic N) is 1. The fraction of sp³-hybridized carbons (Fsp3) is 0.0526. The van der Waals surface area contributed by atoms with Crippen molar-refractivity contribution < 1.29 is 4.74 Å². The summed E-state index contributed by atoms with van der Waals surface area (Å²) < 4.78 is 8.75. The van der Waals surface area contributed by atoms with E-state index in [1.807, 2.05) is 0 Å². The molecule has 10 aromatic rings. The summed E-state index contributed by atoms with van der Waals surface area (Å²) in [6.07, 6.45) is 0.959. The summed E-state index contributed by atoms with van der Waals surface area (Å²) in [6.45, 7) is 0.590. The van der Waals surface area contributed by atoms with Crippen molar-refractivity contribution in [1.82, 2.24) is 4.57 Å². The highest BCUT2D eigenvalue weighted by Crippen LogP contribution is 2.47. The fourth-order valence-electron chi connectivity index (χ4n) is 9.86. The molecule has 0 saturated heterocycles. The number of benzene rings is 9. The quantitative estimate of drug-likeness (QED) is 0.171. The van der Waals surface area contributed by atoms with Crippen molar-refractivity contribution in [3.63, 3.8) is 0 Å². The number of para-hydroxylation sites is 1. The number of rotatable bonds is 5. The molecule has 2 nitrogen and oxygen atoms in total. The van der Waals surface area contributed by atoms with Gasteiger partial charge < -0.3 is 9.30 Å². The lowest BCUT2D eigenvalue weighted by atomic mass is 9.75. The van der Waals surface area contributed by atoms with E-state index in [1.54, 1.807) is 0 Å². The van der Waals surface area contributed by atoms with E-state index in [4.69, 9.17) is 4.74 Å². The maximum atomic E-state index is 6.32. The molecule has 0 radical (unpaired) electrons. The third kappa shape index (κ3) is 5.56. The summed E-state index contributed by atoms with van der Waals surface area (Å²) in [7, 11) is 0. The minimum absolute atomic E-state index is 0.269. The van der Waals surface area contributed by atoms with Gasteiger partial charge in [0.25, 0.3) is 0 Å². The van der Waals surface area contributed by atoms with E-state index >= 15 is 0 Å². The number of ether oxygens (including phenoxy) is 1. The highest BCUT2D eigenvalue weighted by molar-refractivity contribution is 6.11. The highest BCUT2D eigenvalue weighted by atomic mass is 16.5. The van der Waals surface area contributed by atoms with Gasteiger partial charge in [-0.2, -0.15) is 0 Å². The van der Waals surface area contributed by atoms with Crippen molar-refractivity contribution in [1.29, 1.82) is 0 Å². The van der Waals surface area contributed by atoms with Gasteiger partial charge in [-0.1, -0.05) is 164 Å². The van der Waals surface area contributed by atoms with Crippen molar-refractivity contribution in [3.05, 3.63) is 229 Å². The van der Waals surface area contributed by atoms with Gasteiger partial charge in [0.1, 0.15) is 12.4 Å². The first-order chi connectivity index (χ1) is 29.2. The molecule has 2 heteroatoms. The molecule has 1 aliphatic carbocycles. The van der Waals surface area contributed by atoms with Crippen LogP contribution in [-0.4, -0.2) is 4.57 Å². The monoisotopic (exact) mass is 753 g/mol. The van der Waals surface area contributed by atoms with Gasteiger partial charge >= 0.3 is 0 Å². The standard InChI is InChI=1S/C57H39NO/c1-2-13-37(14-3-1)38-16-10-17-39(31-38)40-18-11-19-43(32-40)51-35-44-28-27-41(33-50(44)47-21-6-7-22-48(47)51)42-29-30-54-52(34-42)49-23-8-9-24-53(49)58(54)55-25-12-26-56-57(55)46-20-5-4-15-45(46)36-59-56/h1-34,51H,35-36H2. The molecule has 0 N–H and O–H groups in total. The predicted molar refractivity (Wildman–Crippen MR) is 244 cm³/mol. The molecular weight excluding hydrogens is 715 g/mol. The molecule has 59 heavy (non-hydrogen) atoms. The topological polar surface area (TPSA) is 14.2 Å². The largest absolute Gasteiger partial charge is 0.488 e. The van der Waals surface area contributed by atoms with E-state index in [0.717, 1.165) is 23.4 Å². The first kappa shape index (κ1) is 33.7. The van der Waals surface area contributed by atoms with Crippen LogP contribution >= 0.6 is 0 Å². The Labute approximate surface area is 344 Å². The minimum atomic E-state index is 0.269. The van der Waals surface area contributed by atoms with E-state index in [2.05, 4.69) is 211 Å². The van der Waals surface area contributed by atoms with Crippen molar-refractivity contribution in [2.24, 2.45) is 0 Å². The predicted octanol–water partition coefficient (Wildman–Crippen LogP) is 14.7. The van der Waals surface area contributed by atoms with E-state index in [1.165, 1.54) is 94.1 Å². The Balaban J connectivity index is 0.926. The number of hydrogen-bond acceptors (Lipinski definition) is 1. The maximum Gasteiger partial charge on any atom is 0.129 e. The Kier molecular flexibility index (Phi) is 7.77. The average Bonchev–Trinajstić information content (AvgIpc) is 3.64.